The summed E-state index contributed by atoms with van der Waals surface area (Å²) in [4.78, 5) is 16.1. The van der Waals surface area contributed by atoms with Gasteiger partial charge in [-0.3, -0.25) is 9.69 Å². The highest BCUT2D eigenvalue weighted by Crippen LogP contribution is 2.27. The van der Waals surface area contributed by atoms with Gasteiger partial charge in [0, 0.05) is 4.90 Å². The summed E-state index contributed by atoms with van der Waals surface area (Å²) < 4.78 is 2.14. The fraction of sp³-hybridized carbons (Fsp3) is 0.360. The van der Waals surface area contributed by atoms with Crippen LogP contribution in [-0.2, 0) is 17.9 Å². The number of hydrogen-bond acceptors (Lipinski definition) is 7. The van der Waals surface area contributed by atoms with Gasteiger partial charge < -0.3 is 9.88 Å². The molecule has 3 aromatic rings. The number of nitrogens with one attached hydrogen (secondary N) is 1. The van der Waals surface area contributed by atoms with Gasteiger partial charge >= 0.3 is 0 Å². The number of likely N-dealkylation sites (tertiary alicyclic amines) is 1. The molecule has 0 bridgehead atoms. The van der Waals surface area contributed by atoms with Crippen molar-refractivity contribution in [1.29, 1.82) is 5.26 Å². The first-order chi connectivity index (χ1) is 16.7. The normalized spacial score (nSPS) is 14.0. The lowest BCUT2D eigenvalue weighted by Crippen LogP contribution is -2.30. The van der Waals surface area contributed by atoms with Crippen LogP contribution in [-0.4, -0.2) is 50.2 Å². The van der Waals surface area contributed by atoms with Crippen LogP contribution in [0.15, 0.2) is 64.6 Å². The third kappa shape index (κ3) is 6.86. The fourth-order valence-corrected chi connectivity index (χ4v) is 5.33. The van der Waals surface area contributed by atoms with E-state index < -0.39 is 0 Å². The summed E-state index contributed by atoms with van der Waals surface area (Å²) in [5.41, 5.74) is 1.90. The highest BCUT2D eigenvalue weighted by atomic mass is 32.2. The van der Waals surface area contributed by atoms with Crippen molar-refractivity contribution in [2.75, 3.05) is 29.9 Å². The van der Waals surface area contributed by atoms with Gasteiger partial charge in [-0.25, -0.2) is 0 Å². The SMILES string of the molecule is N#CCSc1ccccc1NC(=O)CSc1nnc(CN2CCCCC2)n1Cc1ccccc1. The van der Waals surface area contributed by atoms with E-state index in [1.807, 2.05) is 42.5 Å². The van der Waals surface area contributed by atoms with Gasteiger partial charge in [0.25, 0.3) is 0 Å². The van der Waals surface area contributed by atoms with Crippen molar-refractivity contribution in [2.24, 2.45) is 0 Å². The number of anilines is 1. The Labute approximate surface area is 208 Å². The standard InChI is InChI=1S/C25H28N6OS2/c26-13-16-33-22-12-6-5-11-21(22)27-24(32)19-34-25-29-28-23(18-30-14-7-2-8-15-30)31(25)17-20-9-3-1-4-10-20/h1,3-6,9-12H,2,7-8,14-19H2,(H,27,32). The number of para-hydroxylation sites is 1. The number of piperidine rings is 1. The lowest BCUT2D eigenvalue weighted by molar-refractivity contribution is -0.113. The molecular formula is C25H28N6OS2. The first-order valence-corrected chi connectivity index (χ1v) is 13.4. The van der Waals surface area contributed by atoms with E-state index >= 15 is 0 Å². The number of benzene rings is 2. The van der Waals surface area contributed by atoms with Gasteiger partial charge in [0.15, 0.2) is 5.16 Å². The zero-order valence-electron chi connectivity index (χ0n) is 19.0. The van der Waals surface area contributed by atoms with Crippen LogP contribution in [0.2, 0.25) is 0 Å². The molecule has 2 heterocycles. The second-order valence-corrected chi connectivity index (χ2v) is 10.0. The van der Waals surface area contributed by atoms with Gasteiger partial charge in [-0.1, -0.05) is 60.6 Å². The van der Waals surface area contributed by atoms with E-state index in [2.05, 4.69) is 43.2 Å². The number of nitrogens with zero attached hydrogens (tertiary/aromatic N) is 5. The Bertz CT molecular complexity index is 1120. The minimum atomic E-state index is -0.109. The predicted molar refractivity (Wildman–Crippen MR) is 137 cm³/mol. The Morgan fingerprint density at radius 3 is 2.53 bits per heavy atom. The molecule has 1 aliphatic rings. The summed E-state index contributed by atoms with van der Waals surface area (Å²) >= 11 is 2.81. The largest absolute Gasteiger partial charge is 0.324 e. The Kier molecular flexibility index (Phi) is 9.02. The number of carbonyl (C=O) groups is 1. The maximum Gasteiger partial charge on any atom is 0.234 e. The van der Waals surface area contributed by atoms with E-state index in [0.717, 1.165) is 41.2 Å². The number of hydrogen-bond donors (Lipinski definition) is 1. The molecule has 0 atom stereocenters. The number of nitriles is 1. The van der Waals surface area contributed by atoms with Crippen molar-refractivity contribution >= 4 is 35.1 Å². The quantitative estimate of drug-likeness (QED) is 0.412. The monoisotopic (exact) mass is 492 g/mol. The number of thioether (sulfide) groups is 2. The van der Waals surface area contributed by atoms with E-state index in [1.54, 1.807) is 0 Å². The van der Waals surface area contributed by atoms with Crippen LogP contribution >= 0.6 is 23.5 Å². The molecule has 0 radical (unpaired) electrons. The van der Waals surface area contributed by atoms with Gasteiger partial charge in [-0.2, -0.15) is 5.26 Å². The molecule has 1 N–H and O–H groups in total. The molecule has 2 aromatic carbocycles. The molecule has 9 heteroatoms. The van der Waals surface area contributed by atoms with Crippen LogP contribution in [0.4, 0.5) is 5.69 Å². The molecule has 0 saturated carbocycles. The third-order valence-electron chi connectivity index (χ3n) is 5.58. The lowest BCUT2D eigenvalue weighted by atomic mass is 10.1. The molecule has 0 unspecified atom stereocenters. The first kappa shape index (κ1) is 24.3. The van der Waals surface area contributed by atoms with Crippen LogP contribution in [0.5, 0.6) is 0 Å². The average molecular weight is 493 g/mol. The third-order valence-corrected chi connectivity index (χ3v) is 7.48. The van der Waals surface area contributed by atoms with E-state index in [1.165, 1.54) is 48.3 Å². The molecule has 1 fully saturated rings. The van der Waals surface area contributed by atoms with Crippen LogP contribution in [0.1, 0.15) is 30.7 Å². The second kappa shape index (κ2) is 12.6. The van der Waals surface area contributed by atoms with E-state index in [4.69, 9.17) is 5.26 Å². The highest BCUT2D eigenvalue weighted by molar-refractivity contribution is 8.00. The minimum absolute atomic E-state index is 0.109. The van der Waals surface area contributed by atoms with Crippen molar-refractivity contribution in [3.63, 3.8) is 0 Å². The molecule has 4 rings (SSSR count). The predicted octanol–water partition coefficient (Wildman–Crippen LogP) is 4.66. The number of amides is 1. The van der Waals surface area contributed by atoms with Crippen molar-refractivity contribution in [2.45, 2.75) is 42.4 Å². The zero-order valence-corrected chi connectivity index (χ0v) is 20.7. The zero-order chi connectivity index (χ0) is 23.6. The number of rotatable bonds is 10. The summed E-state index contributed by atoms with van der Waals surface area (Å²) in [7, 11) is 0. The molecule has 0 aliphatic carbocycles. The molecular weight excluding hydrogens is 464 g/mol. The lowest BCUT2D eigenvalue weighted by Gasteiger charge is -2.26. The molecule has 7 nitrogen and oxygen atoms in total. The van der Waals surface area contributed by atoms with Gasteiger partial charge in [0.2, 0.25) is 5.91 Å². The van der Waals surface area contributed by atoms with Gasteiger partial charge in [0.05, 0.1) is 36.4 Å². The smallest absolute Gasteiger partial charge is 0.234 e. The summed E-state index contributed by atoms with van der Waals surface area (Å²) in [6, 6.07) is 20.0. The molecule has 1 aromatic heterocycles. The average Bonchev–Trinajstić information content (AvgIpc) is 3.24. The Morgan fingerprint density at radius 2 is 1.74 bits per heavy atom. The molecule has 34 heavy (non-hydrogen) atoms. The summed E-state index contributed by atoms with van der Waals surface area (Å²) in [5, 5.41) is 21.5. The second-order valence-electron chi connectivity index (χ2n) is 8.09. The summed E-state index contributed by atoms with van der Waals surface area (Å²) in [6.45, 7) is 3.63. The topological polar surface area (TPSA) is 86.8 Å². The van der Waals surface area contributed by atoms with Gasteiger partial charge in [0.1, 0.15) is 5.82 Å². The van der Waals surface area contributed by atoms with Crippen LogP contribution < -0.4 is 5.32 Å². The minimum Gasteiger partial charge on any atom is -0.324 e. The van der Waals surface area contributed by atoms with Crippen LogP contribution in [0, 0.1) is 11.3 Å². The van der Waals surface area contributed by atoms with Crippen LogP contribution in [0.25, 0.3) is 0 Å². The van der Waals surface area contributed by atoms with Crippen molar-refractivity contribution in [1.82, 2.24) is 19.7 Å². The first-order valence-electron chi connectivity index (χ1n) is 11.4. The van der Waals surface area contributed by atoms with Crippen LogP contribution in [0.3, 0.4) is 0 Å². The van der Waals surface area contributed by atoms with Gasteiger partial charge in [-0.15, -0.1) is 22.0 Å². The number of carbonyl (C=O) groups excluding carboxylic acids is 1. The van der Waals surface area contributed by atoms with E-state index in [9.17, 15) is 4.79 Å². The molecule has 1 aliphatic heterocycles. The van der Waals surface area contributed by atoms with Crippen molar-refractivity contribution in [3.8, 4) is 6.07 Å². The van der Waals surface area contributed by atoms with E-state index in [0.29, 0.717) is 12.3 Å². The molecule has 176 valence electrons. The highest BCUT2D eigenvalue weighted by Gasteiger charge is 2.19. The van der Waals surface area contributed by atoms with Crippen molar-refractivity contribution < 1.29 is 4.79 Å². The van der Waals surface area contributed by atoms with Crippen molar-refractivity contribution in [3.05, 3.63) is 66.0 Å². The Morgan fingerprint density at radius 1 is 0.971 bits per heavy atom. The maximum atomic E-state index is 12.7. The fourth-order valence-electron chi connectivity index (χ4n) is 3.91. The molecule has 1 saturated heterocycles. The Balaban J connectivity index is 1.44. The van der Waals surface area contributed by atoms with Gasteiger partial charge in [-0.05, 0) is 43.6 Å². The molecule has 0 spiro atoms. The Hall–Kier alpha value is -2.80. The molecule has 1 amide bonds. The summed E-state index contributed by atoms with van der Waals surface area (Å²) in [5.74, 6) is 1.39. The van der Waals surface area contributed by atoms with E-state index in [-0.39, 0.29) is 11.7 Å². The maximum absolute atomic E-state index is 12.7. The number of aromatic nitrogens is 3. The summed E-state index contributed by atoms with van der Waals surface area (Å²) in [6.07, 6.45) is 3.74.